The maximum atomic E-state index is 11.5. The Hall–Kier alpha value is -0.180. The Labute approximate surface area is 79.7 Å². The molecule has 0 aromatic rings. The van der Waals surface area contributed by atoms with Gasteiger partial charge in [-0.3, -0.25) is 4.79 Å². The third kappa shape index (κ3) is 2.16. The van der Waals surface area contributed by atoms with E-state index in [0.717, 1.165) is 19.5 Å². The highest BCUT2D eigenvalue weighted by atomic mass is 32.1. The fourth-order valence-electron chi connectivity index (χ4n) is 1.56. The number of hydrogen-bond acceptors (Lipinski definition) is 2. The summed E-state index contributed by atoms with van der Waals surface area (Å²) >= 11 is 4.13. The van der Waals surface area contributed by atoms with Gasteiger partial charge in [0.05, 0.1) is 5.25 Å². The number of amides is 1. The van der Waals surface area contributed by atoms with Crippen LogP contribution in [0.15, 0.2) is 0 Å². The Morgan fingerprint density at radius 3 is 2.50 bits per heavy atom. The van der Waals surface area contributed by atoms with Crippen LogP contribution in [-0.4, -0.2) is 29.1 Å². The van der Waals surface area contributed by atoms with E-state index in [2.05, 4.69) is 26.5 Å². The largest absolute Gasteiger partial charge is 0.341 e. The fraction of sp³-hybridized carbons (Fsp3) is 0.889. The molecule has 1 aliphatic rings. The summed E-state index contributed by atoms with van der Waals surface area (Å²) in [4.78, 5) is 13.4. The van der Waals surface area contributed by atoms with Crippen molar-refractivity contribution in [3.63, 3.8) is 0 Å². The molecule has 0 radical (unpaired) electrons. The van der Waals surface area contributed by atoms with Gasteiger partial charge in [-0.2, -0.15) is 12.6 Å². The maximum Gasteiger partial charge on any atom is 0.235 e. The average Bonchev–Trinajstić information content (AvgIpc) is 2.28. The van der Waals surface area contributed by atoms with Gasteiger partial charge >= 0.3 is 0 Å². The fourth-order valence-corrected chi connectivity index (χ4v) is 1.73. The highest BCUT2D eigenvalue weighted by Crippen LogP contribution is 2.29. The summed E-state index contributed by atoms with van der Waals surface area (Å²) in [6.45, 7) is 8.01. The van der Waals surface area contributed by atoms with Gasteiger partial charge in [-0.25, -0.2) is 0 Å². The van der Waals surface area contributed by atoms with Gasteiger partial charge in [0.25, 0.3) is 0 Å². The molecule has 12 heavy (non-hydrogen) atoms. The van der Waals surface area contributed by atoms with Crippen molar-refractivity contribution in [2.75, 3.05) is 13.1 Å². The van der Waals surface area contributed by atoms with Crippen molar-refractivity contribution in [1.82, 2.24) is 4.90 Å². The van der Waals surface area contributed by atoms with Crippen molar-refractivity contribution in [3.05, 3.63) is 0 Å². The van der Waals surface area contributed by atoms with E-state index in [1.165, 1.54) is 0 Å². The van der Waals surface area contributed by atoms with Gasteiger partial charge < -0.3 is 4.90 Å². The van der Waals surface area contributed by atoms with Gasteiger partial charge in [0.2, 0.25) is 5.91 Å². The molecule has 1 fully saturated rings. The van der Waals surface area contributed by atoms with E-state index in [9.17, 15) is 4.79 Å². The smallest absolute Gasteiger partial charge is 0.235 e. The summed E-state index contributed by atoms with van der Waals surface area (Å²) in [5.74, 6) is 0.170. The molecule has 0 aliphatic carbocycles. The summed E-state index contributed by atoms with van der Waals surface area (Å²) < 4.78 is 0. The molecule has 0 saturated carbocycles. The first-order chi connectivity index (χ1) is 5.42. The minimum atomic E-state index is -0.154. The molecule has 1 saturated heterocycles. The standard InChI is InChI=1S/C9H17NOS/c1-7(12)8(11)10-5-4-9(2,3)6-10/h7,12H,4-6H2,1-3H3. The molecule has 70 valence electrons. The Morgan fingerprint density at radius 2 is 2.17 bits per heavy atom. The molecule has 0 aromatic carbocycles. The van der Waals surface area contributed by atoms with Crippen LogP contribution in [-0.2, 0) is 4.79 Å². The molecule has 1 amide bonds. The zero-order valence-electron chi connectivity index (χ0n) is 8.00. The summed E-state index contributed by atoms with van der Waals surface area (Å²) in [6, 6.07) is 0. The van der Waals surface area contributed by atoms with Gasteiger partial charge in [-0.15, -0.1) is 0 Å². The van der Waals surface area contributed by atoms with E-state index in [-0.39, 0.29) is 11.2 Å². The van der Waals surface area contributed by atoms with Crippen LogP contribution in [0.5, 0.6) is 0 Å². The number of thiol groups is 1. The molecule has 1 unspecified atom stereocenters. The quantitative estimate of drug-likeness (QED) is 0.618. The second-order valence-corrected chi connectivity index (χ2v) is 5.12. The Morgan fingerprint density at radius 1 is 1.58 bits per heavy atom. The molecule has 0 bridgehead atoms. The van der Waals surface area contributed by atoms with Crippen molar-refractivity contribution in [2.45, 2.75) is 32.4 Å². The highest BCUT2D eigenvalue weighted by molar-refractivity contribution is 7.81. The monoisotopic (exact) mass is 187 g/mol. The van der Waals surface area contributed by atoms with E-state index in [0.29, 0.717) is 5.41 Å². The van der Waals surface area contributed by atoms with Crippen LogP contribution in [0, 0.1) is 5.41 Å². The first kappa shape index (κ1) is 9.90. The number of hydrogen-bond donors (Lipinski definition) is 1. The molecule has 1 rings (SSSR count). The van der Waals surface area contributed by atoms with Crippen molar-refractivity contribution in [3.8, 4) is 0 Å². The van der Waals surface area contributed by atoms with Crippen LogP contribution in [0.4, 0.5) is 0 Å². The van der Waals surface area contributed by atoms with E-state index in [1.54, 1.807) is 0 Å². The zero-order valence-corrected chi connectivity index (χ0v) is 8.90. The van der Waals surface area contributed by atoms with E-state index in [4.69, 9.17) is 0 Å². The van der Waals surface area contributed by atoms with Gasteiger partial charge in [0.1, 0.15) is 0 Å². The molecule has 0 N–H and O–H groups in total. The lowest BCUT2D eigenvalue weighted by Crippen LogP contribution is -2.34. The first-order valence-corrected chi connectivity index (χ1v) is 4.91. The van der Waals surface area contributed by atoms with E-state index < -0.39 is 0 Å². The molecule has 0 aromatic heterocycles. The van der Waals surface area contributed by atoms with Crippen LogP contribution in [0.1, 0.15) is 27.2 Å². The summed E-state index contributed by atoms with van der Waals surface area (Å²) in [7, 11) is 0. The minimum Gasteiger partial charge on any atom is -0.341 e. The number of carbonyl (C=O) groups excluding carboxylic acids is 1. The minimum absolute atomic E-state index is 0.154. The molecule has 3 heteroatoms. The number of rotatable bonds is 1. The normalized spacial score (nSPS) is 24.2. The summed E-state index contributed by atoms with van der Waals surface area (Å²) in [6.07, 6.45) is 1.11. The van der Waals surface area contributed by atoms with Gasteiger partial charge in [0.15, 0.2) is 0 Å². The lowest BCUT2D eigenvalue weighted by atomic mass is 9.93. The SMILES string of the molecule is CC(S)C(=O)N1CCC(C)(C)C1. The van der Waals surface area contributed by atoms with Crippen LogP contribution in [0.25, 0.3) is 0 Å². The second-order valence-electron chi connectivity index (χ2n) is 4.35. The van der Waals surface area contributed by atoms with Crippen LogP contribution in [0.3, 0.4) is 0 Å². The molecular formula is C9H17NOS. The molecular weight excluding hydrogens is 170 g/mol. The van der Waals surface area contributed by atoms with Crippen molar-refractivity contribution >= 4 is 18.5 Å². The predicted octanol–water partition coefficient (Wildman–Crippen LogP) is 1.56. The van der Waals surface area contributed by atoms with Crippen molar-refractivity contribution in [1.29, 1.82) is 0 Å². The summed E-state index contributed by atoms with van der Waals surface area (Å²) in [5.41, 5.74) is 0.304. The maximum absolute atomic E-state index is 11.5. The predicted molar refractivity (Wildman–Crippen MR) is 53.4 cm³/mol. The number of nitrogens with zero attached hydrogens (tertiary/aromatic N) is 1. The third-order valence-electron chi connectivity index (χ3n) is 2.35. The molecule has 1 atom stereocenters. The van der Waals surface area contributed by atoms with Gasteiger partial charge in [-0.05, 0) is 18.8 Å². The van der Waals surface area contributed by atoms with Crippen LogP contribution >= 0.6 is 12.6 Å². The Bertz CT molecular complexity index is 189. The van der Waals surface area contributed by atoms with Crippen LogP contribution in [0.2, 0.25) is 0 Å². The molecule has 1 heterocycles. The third-order valence-corrected chi connectivity index (χ3v) is 2.57. The van der Waals surface area contributed by atoms with Crippen molar-refractivity contribution < 1.29 is 4.79 Å². The Kier molecular flexibility index (Phi) is 2.71. The number of likely N-dealkylation sites (tertiary alicyclic amines) is 1. The van der Waals surface area contributed by atoms with E-state index >= 15 is 0 Å². The summed E-state index contributed by atoms with van der Waals surface area (Å²) in [5, 5.41) is -0.154. The highest BCUT2D eigenvalue weighted by Gasteiger charge is 2.32. The van der Waals surface area contributed by atoms with Gasteiger partial charge in [0, 0.05) is 13.1 Å². The topological polar surface area (TPSA) is 20.3 Å². The molecule has 0 spiro atoms. The van der Waals surface area contributed by atoms with Gasteiger partial charge in [-0.1, -0.05) is 13.8 Å². The number of carbonyl (C=O) groups is 1. The molecule has 2 nitrogen and oxygen atoms in total. The van der Waals surface area contributed by atoms with E-state index in [1.807, 2.05) is 11.8 Å². The van der Waals surface area contributed by atoms with Crippen LogP contribution < -0.4 is 0 Å². The lowest BCUT2D eigenvalue weighted by molar-refractivity contribution is -0.129. The average molecular weight is 187 g/mol. The molecule has 1 aliphatic heterocycles. The Balaban J connectivity index is 2.53. The zero-order chi connectivity index (χ0) is 9.35. The first-order valence-electron chi connectivity index (χ1n) is 4.39. The van der Waals surface area contributed by atoms with Crippen molar-refractivity contribution in [2.24, 2.45) is 5.41 Å². The second kappa shape index (κ2) is 3.29. The lowest BCUT2D eigenvalue weighted by Gasteiger charge is -2.20.